The molecule has 1 fully saturated rings. The van der Waals surface area contributed by atoms with Crippen molar-refractivity contribution in [1.82, 2.24) is 24.8 Å². The largest absolute Gasteiger partial charge is 0.481 e. The molecule has 4 aromatic rings. The van der Waals surface area contributed by atoms with Crippen molar-refractivity contribution in [2.45, 2.75) is 38.3 Å². The van der Waals surface area contributed by atoms with Crippen LogP contribution in [-0.4, -0.2) is 45.6 Å². The summed E-state index contributed by atoms with van der Waals surface area (Å²) in [6.07, 6.45) is 3.39. The Kier molecular flexibility index (Phi) is 8.97. The van der Waals surface area contributed by atoms with Gasteiger partial charge < -0.3 is 25.3 Å². The predicted octanol–water partition coefficient (Wildman–Crippen LogP) is 4.48. The number of fused-ring (bicyclic) bond motifs is 1. The number of hydrogen-bond acceptors (Lipinski definition) is 7. The Labute approximate surface area is 280 Å². The van der Waals surface area contributed by atoms with E-state index in [1.807, 2.05) is 24.3 Å². The minimum absolute atomic E-state index is 0.0264. The van der Waals surface area contributed by atoms with Crippen molar-refractivity contribution in [2.24, 2.45) is 20.0 Å². The van der Waals surface area contributed by atoms with Gasteiger partial charge in [0, 0.05) is 67.6 Å². The van der Waals surface area contributed by atoms with Gasteiger partial charge in [-0.3, -0.25) is 19.0 Å². The van der Waals surface area contributed by atoms with E-state index in [2.05, 4.69) is 22.9 Å². The third-order valence-corrected chi connectivity index (χ3v) is 9.71. The molecule has 3 heterocycles. The summed E-state index contributed by atoms with van der Waals surface area (Å²) in [6, 6.07) is 12.9. The summed E-state index contributed by atoms with van der Waals surface area (Å²) in [7, 11) is 4.37. The third-order valence-electron chi connectivity index (χ3n) is 8.90. The number of anilines is 1. The molecule has 1 unspecified atom stereocenters. The standard InChI is InChI=1S/C34H34Cl2N6O5/c1-17-13-18-14-25(40-32(47-4)27(18)30(17)37-15-19-11-12-26(43)38-19)22-9-5-7-20(28(22)35)21-8-6-10-24(29(21)36)39-31(44)23-16-41(2)34(46)42(3)33(23)45/h5-10,14,16-17,19,30,37H,11-13,15H2,1-4H3,(H,38,43)(H,39,44)/t17-,19?,30+/m1/s1. The Morgan fingerprint density at radius 3 is 2.47 bits per heavy atom. The molecule has 0 saturated carbocycles. The molecule has 1 aliphatic heterocycles. The van der Waals surface area contributed by atoms with Crippen molar-refractivity contribution < 1.29 is 14.3 Å². The number of carbonyl (C=O) groups excluding carboxylic acids is 2. The second kappa shape index (κ2) is 13.0. The van der Waals surface area contributed by atoms with E-state index < -0.39 is 17.2 Å². The number of nitrogens with one attached hydrogen (secondary N) is 3. The van der Waals surface area contributed by atoms with E-state index in [9.17, 15) is 19.2 Å². The van der Waals surface area contributed by atoms with Gasteiger partial charge in [-0.25, -0.2) is 9.78 Å². The van der Waals surface area contributed by atoms with Gasteiger partial charge in [-0.15, -0.1) is 0 Å². The second-order valence-electron chi connectivity index (χ2n) is 12.0. The van der Waals surface area contributed by atoms with Crippen LogP contribution in [0.3, 0.4) is 0 Å². The fourth-order valence-corrected chi connectivity index (χ4v) is 7.06. The van der Waals surface area contributed by atoms with E-state index in [0.717, 1.165) is 33.1 Å². The van der Waals surface area contributed by atoms with Crippen molar-refractivity contribution in [3.8, 4) is 28.3 Å². The zero-order chi connectivity index (χ0) is 33.6. The summed E-state index contributed by atoms with van der Waals surface area (Å²) in [5.74, 6) is 0.187. The van der Waals surface area contributed by atoms with Crippen LogP contribution >= 0.6 is 23.2 Å². The smallest absolute Gasteiger partial charge is 0.330 e. The maximum Gasteiger partial charge on any atom is 0.330 e. The molecule has 2 amide bonds. The topological polar surface area (TPSA) is 136 Å². The second-order valence-corrected chi connectivity index (χ2v) is 12.8. The van der Waals surface area contributed by atoms with Crippen LogP contribution in [0, 0.1) is 5.92 Å². The molecule has 1 saturated heterocycles. The summed E-state index contributed by atoms with van der Waals surface area (Å²) in [6.45, 7) is 2.85. The summed E-state index contributed by atoms with van der Waals surface area (Å²) < 4.78 is 7.84. The maximum atomic E-state index is 13.1. The number of benzene rings is 2. The minimum atomic E-state index is -0.718. The van der Waals surface area contributed by atoms with Crippen LogP contribution < -0.4 is 31.9 Å². The molecule has 2 aromatic carbocycles. The van der Waals surface area contributed by atoms with Crippen molar-refractivity contribution in [3.63, 3.8) is 0 Å². The minimum Gasteiger partial charge on any atom is -0.481 e. The van der Waals surface area contributed by atoms with Gasteiger partial charge in [0.1, 0.15) is 5.56 Å². The number of amides is 2. The molecule has 6 rings (SSSR count). The van der Waals surface area contributed by atoms with E-state index in [-0.39, 0.29) is 40.2 Å². The quantitative estimate of drug-likeness (QED) is 0.250. The Morgan fingerprint density at radius 1 is 1.06 bits per heavy atom. The van der Waals surface area contributed by atoms with Crippen molar-refractivity contribution >= 4 is 40.7 Å². The first-order valence-corrected chi connectivity index (χ1v) is 16.0. The molecule has 0 bridgehead atoms. The normalized spacial score (nSPS) is 18.6. The maximum absolute atomic E-state index is 13.1. The number of ether oxygens (including phenoxy) is 1. The monoisotopic (exact) mass is 676 g/mol. The van der Waals surface area contributed by atoms with E-state index in [0.29, 0.717) is 46.3 Å². The molecule has 13 heteroatoms. The highest BCUT2D eigenvalue weighted by Gasteiger charge is 2.35. The van der Waals surface area contributed by atoms with Crippen LogP contribution in [0.1, 0.15) is 47.3 Å². The predicted molar refractivity (Wildman–Crippen MR) is 181 cm³/mol. The average molecular weight is 678 g/mol. The lowest BCUT2D eigenvalue weighted by atomic mass is 9.99. The number of aromatic nitrogens is 3. The Bertz CT molecular complexity index is 2040. The van der Waals surface area contributed by atoms with Gasteiger partial charge in [0.2, 0.25) is 11.8 Å². The van der Waals surface area contributed by atoms with Gasteiger partial charge in [-0.1, -0.05) is 60.5 Å². The summed E-state index contributed by atoms with van der Waals surface area (Å²) in [5.41, 5.74) is 3.45. The molecular formula is C34H34Cl2N6O5. The molecule has 47 heavy (non-hydrogen) atoms. The lowest BCUT2D eigenvalue weighted by Crippen LogP contribution is -2.40. The zero-order valence-electron chi connectivity index (χ0n) is 26.3. The summed E-state index contributed by atoms with van der Waals surface area (Å²) >= 11 is 13.9. The fourth-order valence-electron chi connectivity index (χ4n) is 6.46. The molecule has 11 nitrogen and oxygen atoms in total. The molecule has 2 aromatic heterocycles. The Hall–Kier alpha value is -4.45. The number of aryl methyl sites for hydroxylation is 1. The van der Waals surface area contributed by atoms with Crippen LogP contribution in [-0.2, 0) is 25.3 Å². The molecule has 3 atom stereocenters. The van der Waals surface area contributed by atoms with Crippen molar-refractivity contribution in [3.05, 3.63) is 96.2 Å². The number of carbonyl (C=O) groups is 2. The highest BCUT2D eigenvalue weighted by Crippen LogP contribution is 2.45. The van der Waals surface area contributed by atoms with E-state index in [4.69, 9.17) is 32.9 Å². The van der Waals surface area contributed by atoms with Crippen LogP contribution in [0.4, 0.5) is 5.69 Å². The number of pyridine rings is 1. The molecule has 1 aliphatic carbocycles. The molecule has 3 N–H and O–H groups in total. The van der Waals surface area contributed by atoms with Crippen molar-refractivity contribution in [2.75, 3.05) is 19.0 Å². The first-order valence-electron chi connectivity index (χ1n) is 15.2. The molecule has 2 aliphatic rings. The number of halogens is 2. The van der Waals surface area contributed by atoms with Crippen LogP contribution in [0.2, 0.25) is 10.0 Å². The van der Waals surface area contributed by atoms with Gasteiger partial charge in [0.25, 0.3) is 11.5 Å². The highest BCUT2D eigenvalue weighted by atomic mass is 35.5. The molecular weight excluding hydrogens is 643 g/mol. The van der Waals surface area contributed by atoms with Crippen molar-refractivity contribution in [1.29, 1.82) is 0 Å². The van der Waals surface area contributed by atoms with Crippen LogP contribution in [0.5, 0.6) is 5.88 Å². The summed E-state index contributed by atoms with van der Waals surface area (Å²) in [4.78, 5) is 54.4. The molecule has 0 spiro atoms. The van der Waals surface area contributed by atoms with Gasteiger partial charge in [0.15, 0.2) is 0 Å². The van der Waals surface area contributed by atoms with Gasteiger partial charge >= 0.3 is 5.69 Å². The number of methoxy groups -OCH3 is 1. The van der Waals surface area contributed by atoms with Gasteiger partial charge in [-0.05, 0) is 36.5 Å². The van der Waals surface area contributed by atoms with Gasteiger partial charge in [-0.2, -0.15) is 0 Å². The highest BCUT2D eigenvalue weighted by molar-refractivity contribution is 6.39. The molecule has 0 radical (unpaired) electrons. The lowest BCUT2D eigenvalue weighted by molar-refractivity contribution is -0.119. The summed E-state index contributed by atoms with van der Waals surface area (Å²) in [5, 5.41) is 9.99. The average Bonchev–Trinajstić information content (AvgIpc) is 3.62. The fraction of sp³-hybridized carbons (Fsp3) is 0.324. The van der Waals surface area contributed by atoms with Crippen LogP contribution in [0.25, 0.3) is 22.4 Å². The van der Waals surface area contributed by atoms with Gasteiger partial charge in [0.05, 0.1) is 28.5 Å². The van der Waals surface area contributed by atoms with E-state index >= 15 is 0 Å². The Morgan fingerprint density at radius 2 is 1.77 bits per heavy atom. The number of hydrogen-bond donors (Lipinski definition) is 3. The third kappa shape index (κ3) is 6.06. The van der Waals surface area contributed by atoms with E-state index in [1.54, 1.807) is 25.3 Å². The first-order chi connectivity index (χ1) is 22.5. The van der Waals surface area contributed by atoms with E-state index in [1.165, 1.54) is 20.3 Å². The number of rotatable bonds is 8. The Balaban J connectivity index is 1.31. The molecule has 244 valence electrons. The zero-order valence-corrected chi connectivity index (χ0v) is 27.8. The first kappa shape index (κ1) is 32.5. The van der Waals surface area contributed by atoms with Crippen LogP contribution in [0.15, 0.2) is 58.3 Å². The lowest BCUT2D eigenvalue weighted by Gasteiger charge is -2.22. The number of nitrogens with zero attached hydrogens (tertiary/aromatic N) is 3. The SMILES string of the molecule is COc1nc(-c2cccc(-c3cccc(NC(=O)c4cn(C)c(=O)n(C)c4=O)c3Cl)c2Cl)cc2c1[C@@H](NCC1CCC(=O)N1)[C@H](C)C2.